The maximum absolute atomic E-state index is 12.1. The number of hydrogen-bond acceptors (Lipinski definition) is 3. The molecule has 0 aliphatic rings. The van der Waals surface area contributed by atoms with Gasteiger partial charge in [-0.2, -0.15) is 0 Å². The van der Waals surface area contributed by atoms with Crippen molar-refractivity contribution in [2.75, 3.05) is 16.8 Å². The van der Waals surface area contributed by atoms with Gasteiger partial charge in [-0.05, 0) is 48.9 Å². The molecule has 19 heavy (non-hydrogen) atoms. The van der Waals surface area contributed by atoms with E-state index in [-0.39, 0.29) is 5.91 Å². The lowest BCUT2D eigenvalue weighted by Crippen LogP contribution is -2.14. The summed E-state index contributed by atoms with van der Waals surface area (Å²) in [6, 6.07) is 10.1. The third-order valence-corrected chi connectivity index (χ3v) is 2.99. The van der Waals surface area contributed by atoms with Crippen molar-refractivity contribution in [3.63, 3.8) is 0 Å². The molecular weight excluding hydrogens is 262 g/mol. The predicted octanol–water partition coefficient (Wildman–Crippen LogP) is 3.07. The lowest BCUT2D eigenvalue weighted by molar-refractivity contribution is 0.102. The average molecular weight is 276 g/mol. The van der Waals surface area contributed by atoms with Gasteiger partial charge in [-0.15, -0.1) is 0 Å². The number of nitrogens with two attached hydrogens (primary N) is 2. The van der Waals surface area contributed by atoms with Crippen LogP contribution in [0, 0.1) is 6.92 Å². The molecule has 1 amide bonds. The van der Waals surface area contributed by atoms with Crippen molar-refractivity contribution in [3.8, 4) is 0 Å². The van der Waals surface area contributed by atoms with Crippen molar-refractivity contribution >= 4 is 34.6 Å². The predicted molar refractivity (Wildman–Crippen MR) is 79.4 cm³/mol. The number of hydrogen-bond donors (Lipinski definition) is 3. The molecule has 4 nitrogen and oxygen atoms in total. The maximum Gasteiger partial charge on any atom is 0.257 e. The van der Waals surface area contributed by atoms with Crippen molar-refractivity contribution < 1.29 is 4.79 Å². The molecule has 98 valence electrons. The molecule has 0 aliphatic heterocycles. The molecule has 5 heteroatoms. The molecule has 0 atom stereocenters. The highest BCUT2D eigenvalue weighted by Crippen LogP contribution is 2.22. The van der Waals surface area contributed by atoms with Gasteiger partial charge in [0.15, 0.2) is 0 Å². The monoisotopic (exact) mass is 275 g/mol. The number of benzene rings is 2. The van der Waals surface area contributed by atoms with Gasteiger partial charge >= 0.3 is 0 Å². The highest BCUT2D eigenvalue weighted by molar-refractivity contribution is 6.30. The second kappa shape index (κ2) is 5.20. The minimum atomic E-state index is -0.275. The molecule has 2 aromatic carbocycles. The van der Waals surface area contributed by atoms with Crippen molar-refractivity contribution in [2.24, 2.45) is 0 Å². The van der Waals surface area contributed by atoms with Crippen molar-refractivity contribution in [2.45, 2.75) is 6.92 Å². The van der Waals surface area contributed by atoms with Crippen LogP contribution in [0.1, 0.15) is 15.9 Å². The Morgan fingerprint density at radius 2 is 1.89 bits per heavy atom. The van der Waals surface area contributed by atoms with E-state index in [9.17, 15) is 4.79 Å². The summed E-state index contributed by atoms with van der Waals surface area (Å²) in [4.78, 5) is 12.1. The van der Waals surface area contributed by atoms with Gasteiger partial charge in [0.05, 0.1) is 5.56 Å². The number of aryl methyl sites for hydroxylation is 1. The summed E-state index contributed by atoms with van der Waals surface area (Å²) >= 11 is 5.87. The van der Waals surface area contributed by atoms with Crippen LogP contribution in [0.2, 0.25) is 5.02 Å². The molecule has 0 aromatic heterocycles. The first-order chi connectivity index (χ1) is 8.97. The van der Waals surface area contributed by atoms with Gasteiger partial charge in [0.25, 0.3) is 5.91 Å². The van der Waals surface area contributed by atoms with E-state index in [0.717, 1.165) is 5.56 Å². The number of halogens is 1. The Hall–Kier alpha value is -2.20. The zero-order valence-electron chi connectivity index (χ0n) is 10.4. The summed E-state index contributed by atoms with van der Waals surface area (Å²) in [6.45, 7) is 1.87. The fourth-order valence-electron chi connectivity index (χ4n) is 1.74. The third kappa shape index (κ3) is 2.98. The Morgan fingerprint density at radius 1 is 1.16 bits per heavy atom. The summed E-state index contributed by atoms with van der Waals surface area (Å²) in [5.74, 6) is -0.275. The molecule has 0 heterocycles. The van der Waals surface area contributed by atoms with Crippen LogP contribution in [0.3, 0.4) is 0 Å². The van der Waals surface area contributed by atoms with Gasteiger partial charge in [0.2, 0.25) is 0 Å². The molecule has 0 unspecified atom stereocenters. The van der Waals surface area contributed by atoms with E-state index in [2.05, 4.69) is 5.32 Å². The van der Waals surface area contributed by atoms with Gasteiger partial charge < -0.3 is 16.8 Å². The zero-order valence-corrected chi connectivity index (χ0v) is 11.2. The highest BCUT2D eigenvalue weighted by atomic mass is 35.5. The molecule has 0 saturated carbocycles. The number of anilines is 3. The Bertz CT molecular complexity index is 641. The van der Waals surface area contributed by atoms with Crippen LogP contribution >= 0.6 is 11.6 Å². The lowest BCUT2D eigenvalue weighted by Gasteiger charge is -2.10. The molecule has 5 N–H and O–H groups in total. The maximum atomic E-state index is 12.1. The molecule has 0 bridgehead atoms. The molecule has 2 rings (SSSR count). The highest BCUT2D eigenvalue weighted by Gasteiger charge is 2.11. The molecular formula is C14H14ClN3O. The Morgan fingerprint density at radius 3 is 2.53 bits per heavy atom. The van der Waals surface area contributed by atoms with Gasteiger partial charge in [-0.1, -0.05) is 11.6 Å². The van der Waals surface area contributed by atoms with Crippen LogP contribution in [0.4, 0.5) is 17.1 Å². The summed E-state index contributed by atoms with van der Waals surface area (Å²) in [6.07, 6.45) is 0. The van der Waals surface area contributed by atoms with E-state index < -0.39 is 0 Å². The molecule has 0 aliphatic carbocycles. The zero-order chi connectivity index (χ0) is 14.0. The van der Waals surface area contributed by atoms with Crippen molar-refractivity contribution in [1.82, 2.24) is 0 Å². The molecule has 0 spiro atoms. The van der Waals surface area contributed by atoms with Crippen LogP contribution in [-0.2, 0) is 0 Å². The first kappa shape index (κ1) is 13.2. The van der Waals surface area contributed by atoms with Gasteiger partial charge in [0, 0.05) is 22.1 Å². The molecule has 0 radical (unpaired) electrons. The third-order valence-electron chi connectivity index (χ3n) is 2.76. The quantitative estimate of drug-likeness (QED) is 0.737. The van der Waals surface area contributed by atoms with Crippen LogP contribution in [0.15, 0.2) is 36.4 Å². The summed E-state index contributed by atoms with van der Waals surface area (Å²) in [7, 11) is 0. The largest absolute Gasteiger partial charge is 0.399 e. The van der Waals surface area contributed by atoms with Gasteiger partial charge in [0.1, 0.15) is 0 Å². The normalized spacial score (nSPS) is 10.2. The van der Waals surface area contributed by atoms with E-state index in [1.165, 1.54) is 0 Å². The first-order valence-corrected chi connectivity index (χ1v) is 6.07. The fourth-order valence-corrected chi connectivity index (χ4v) is 1.97. The standard InChI is InChI=1S/C14H14ClN3O/c1-8-6-9(15)2-5-13(8)18-14(19)11-4-3-10(16)7-12(11)17/h2-7H,16-17H2,1H3,(H,18,19). The van der Waals surface area contributed by atoms with Crippen LogP contribution < -0.4 is 16.8 Å². The van der Waals surface area contributed by atoms with E-state index in [0.29, 0.717) is 27.6 Å². The SMILES string of the molecule is Cc1cc(Cl)ccc1NC(=O)c1ccc(N)cc1N. The summed E-state index contributed by atoms with van der Waals surface area (Å²) in [5, 5.41) is 3.42. The van der Waals surface area contributed by atoms with E-state index in [1.54, 1.807) is 36.4 Å². The molecule has 0 saturated heterocycles. The van der Waals surface area contributed by atoms with E-state index >= 15 is 0 Å². The number of rotatable bonds is 2. The van der Waals surface area contributed by atoms with Gasteiger partial charge in [-0.25, -0.2) is 0 Å². The summed E-state index contributed by atoms with van der Waals surface area (Å²) in [5.41, 5.74) is 14.2. The number of nitrogens with one attached hydrogen (secondary N) is 1. The van der Waals surface area contributed by atoms with Crippen molar-refractivity contribution in [3.05, 3.63) is 52.5 Å². The summed E-state index contributed by atoms with van der Waals surface area (Å²) < 4.78 is 0. The second-order valence-corrected chi connectivity index (χ2v) is 4.70. The Balaban J connectivity index is 2.25. The Kier molecular flexibility index (Phi) is 3.62. The minimum absolute atomic E-state index is 0.275. The Labute approximate surface area is 116 Å². The lowest BCUT2D eigenvalue weighted by atomic mass is 10.1. The van der Waals surface area contributed by atoms with E-state index in [4.69, 9.17) is 23.1 Å². The van der Waals surface area contributed by atoms with Crippen molar-refractivity contribution in [1.29, 1.82) is 0 Å². The number of nitrogen functional groups attached to an aromatic ring is 2. The fraction of sp³-hybridized carbons (Fsp3) is 0.0714. The smallest absolute Gasteiger partial charge is 0.257 e. The van der Waals surface area contributed by atoms with Crippen LogP contribution in [-0.4, -0.2) is 5.91 Å². The number of amides is 1. The first-order valence-electron chi connectivity index (χ1n) is 5.70. The number of carbonyl (C=O) groups is 1. The topological polar surface area (TPSA) is 81.1 Å². The second-order valence-electron chi connectivity index (χ2n) is 4.26. The minimum Gasteiger partial charge on any atom is -0.399 e. The molecule has 0 fully saturated rings. The molecule has 2 aromatic rings. The average Bonchev–Trinajstić information content (AvgIpc) is 2.32. The number of carbonyl (C=O) groups excluding carboxylic acids is 1. The van der Waals surface area contributed by atoms with Crippen LogP contribution in [0.25, 0.3) is 0 Å². The van der Waals surface area contributed by atoms with Crippen LogP contribution in [0.5, 0.6) is 0 Å². The van der Waals surface area contributed by atoms with E-state index in [1.807, 2.05) is 6.92 Å². The van der Waals surface area contributed by atoms with Gasteiger partial charge in [-0.3, -0.25) is 4.79 Å².